The number of piperidine rings is 1. The maximum absolute atomic E-state index is 2.65. The minimum atomic E-state index is 0.511. The summed E-state index contributed by atoms with van der Waals surface area (Å²) in [7, 11) is 0. The first-order valence-electron chi connectivity index (χ1n) is 5.76. The van der Waals surface area contributed by atoms with Crippen LogP contribution in [0.25, 0.3) is 0 Å². The van der Waals surface area contributed by atoms with Crippen LogP contribution in [-0.2, 0) is 0 Å². The Kier molecular flexibility index (Phi) is 3.78. The van der Waals surface area contributed by atoms with Crippen molar-refractivity contribution < 1.29 is 0 Å². The molecule has 0 radical (unpaired) electrons. The van der Waals surface area contributed by atoms with Gasteiger partial charge in [0.15, 0.2) is 0 Å². The van der Waals surface area contributed by atoms with Gasteiger partial charge in [-0.25, -0.2) is 0 Å². The second kappa shape index (κ2) is 4.45. The second-order valence-electron chi connectivity index (χ2n) is 5.50. The summed E-state index contributed by atoms with van der Waals surface area (Å²) in [4.78, 5) is 2.65. The van der Waals surface area contributed by atoms with Crippen LogP contribution in [0.1, 0.15) is 47.0 Å². The van der Waals surface area contributed by atoms with Crippen molar-refractivity contribution in [1.82, 2.24) is 4.90 Å². The molecule has 13 heavy (non-hydrogen) atoms. The van der Waals surface area contributed by atoms with Crippen LogP contribution in [0.3, 0.4) is 0 Å². The Bertz CT molecular complexity index is 151. The number of nitrogens with zero attached hydrogens (tertiary/aromatic N) is 1. The van der Waals surface area contributed by atoms with Crippen molar-refractivity contribution in [1.29, 1.82) is 0 Å². The standard InChI is InChI=1S/C12H25N/c1-5-12(3,4)10-13-8-6-7-11(2)9-13/h11H,5-10H2,1-4H3/t11-/m0/s1. The number of hydrogen-bond donors (Lipinski definition) is 0. The van der Waals surface area contributed by atoms with Gasteiger partial charge in [-0.05, 0) is 37.1 Å². The molecule has 1 rings (SSSR count). The lowest BCUT2D eigenvalue weighted by Crippen LogP contribution is -2.40. The quantitative estimate of drug-likeness (QED) is 0.649. The molecule has 1 heterocycles. The first kappa shape index (κ1) is 11.0. The Morgan fingerprint density at radius 1 is 1.38 bits per heavy atom. The van der Waals surface area contributed by atoms with E-state index in [-0.39, 0.29) is 0 Å². The predicted octanol–water partition coefficient (Wildman–Crippen LogP) is 3.15. The summed E-state index contributed by atoms with van der Waals surface area (Å²) in [5, 5.41) is 0. The molecule has 1 fully saturated rings. The number of hydrogen-bond acceptors (Lipinski definition) is 1. The third-order valence-corrected chi connectivity index (χ3v) is 3.35. The molecule has 1 atom stereocenters. The van der Waals surface area contributed by atoms with Crippen molar-refractivity contribution in [2.45, 2.75) is 47.0 Å². The van der Waals surface area contributed by atoms with Crippen LogP contribution in [-0.4, -0.2) is 24.5 Å². The minimum Gasteiger partial charge on any atom is -0.303 e. The Morgan fingerprint density at radius 3 is 2.62 bits per heavy atom. The summed E-state index contributed by atoms with van der Waals surface area (Å²) >= 11 is 0. The zero-order valence-corrected chi connectivity index (χ0v) is 9.77. The second-order valence-corrected chi connectivity index (χ2v) is 5.50. The lowest BCUT2D eigenvalue weighted by atomic mass is 9.88. The van der Waals surface area contributed by atoms with Crippen LogP contribution in [0, 0.1) is 11.3 Å². The monoisotopic (exact) mass is 183 g/mol. The lowest BCUT2D eigenvalue weighted by molar-refractivity contribution is 0.123. The van der Waals surface area contributed by atoms with E-state index in [1.807, 2.05) is 0 Å². The van der Waals surface area contributed by atoms with Crippen molar-refractivity contribution >= 4 is 0 Å². The largest absolute Gasteiger partial charge is 0.303 e. The van der Waals surface area contributed by atoms with Gasteiger partial charge < -0.3 is 4.90 Å². The molecule has 0 bridgehead atoms. The molecule has 1 aliphatic heterocycles. The molecule has 1 aliphatic rings. The predicted molar refractivity (Wildman–Crippen MR) is 58.9 cm³/mol. The fraction of sp³-hybridized carbons (Fsp3) is 1.00. The van der Waals surface area contributed by atoms with Crippen LogP contribution in [0.4, 0.5) is 0 Å². The molecule has 78 valence electrons. The molecule has 0 unspecified atom stereocenters. The zero-order valence-electron chi connectivity index (χ0n) is 9.77. The van der Waals surface area contributed by atoms with E-state index in [0.717, 1.165) is 5.92 Å². The van der Waals surface area contributed by atoms with Crippen LogP contribution in [0.15, 0.2) is 0 Å². The summed E-state index contributed by atoms with van der Waals surface area (Å²) < 4.78 is 0. The van der Waals surface area contributed by atoms with Crippen LogP contribution >= 0.6 is 0 Å². The maximum atomic E-state index is 2.65. The molecule has 0 saturated carbocycles. The molecule has 0 N–H and O–H groups in total. The average Bonchev–Trinajstić information content (AvgIpc) is 2.03. The van der Waals surface area contributed by atoms with E-state index < -0.39 is 0 Å². The van der Waals surface area contributed by atoms with Gasteiger partial charge in [0, 0.05) is 13.1 Å². The highest BCUT2D eigenvalue weighted by atomic mass is 15.1. The van der Waals surface area contributed by atoms with Crippen molar-refractivity contribution in [3.63, 3.8) is 0 Å². The third kappa shape index (κ3) is 3.68. The van der Waals surface area contributed by atoms with Gasteiger partial charge in [-0.3, -0.25) is 0 Å². The van der Waals surface area contributed by atoms with E-state index in [4.69, 9.17) is 0 Å². The van der Waals surface area contributed by atoms with E-state index in [0.29, 0.717) is 5.41 Å². The van der Waals surface area contributed by atoms with Gasteiger partial charge in [-0.2, -0.15) is 0 Å². The van der Waals surface area contributed by atoms with Crippen LogP contribution in [0.2, 0.25) is 0 Å². The van der Waals surface area contributed by atoms with Crippen LogP contribution in [0.5, 0.6) is 0 Å². The van der Waals surface area contributed by atoms with Crippen molar-refractivity contribution in [3.8, 4) is 0 Å². The molecule has 1 heteroatoms. The molecule has 0 amide bonds. The normalized spacial score (nSPS) is 26.3. The fourth-order valence-corrected chi connectivity index (χ4v) is 2.15. The SMILES string of the molecule is CCC(C)(C)CN1CCC[C@H](C)C1. The molecule has 1 nitrogen and oxygen atoms in total. The first-order chi connectivity index (χ1) is 6.03. The Labute approximate surface area is 83.5 Å². The minimum absolute atomic E-state index is 0.511. The summed E-state index contributed by atoms with van der Waals surface area (Å²) in [5.41, 5.74) is 0.511. The summed E-state index contributed by atoms with van der Waals surface area (Å²) in [6, 6.07) is 0. The molecule has 0 spiro atoms. The highest BCUT2D eigenvalue weighted by Crippen LogP contribution is 2.24. The molecule has 0 aromatic rings. The van der Waals surface area contributed by atoms with Gasteiger partial charge in [0.25, 0.3) is 0 Å². The highest BCUT2D eigenvalue weighted by Gasteiger charge is 2.23. The van der Waals surface area contributed by atoms with Crippen molar-refractivity contribution in [2.75, 3.05) is 19.6 Å². The Morgan fingerprint density at radius 2 is 2.08 bits per heavy atom. The molecule has 0 aromatic heterocycles. The smallest absolute Gasteiger partial charge is 0.00327 e. The average molecular weight is 183 g/mol. The van der Waals surface area contributed by atoms with Crippen molar-refractivity contribution in [3.05, 3.63) is 0 Å². The van der Waals surface area contributed by atoms with Gasteiger partial charge >= 0.3 is 0 Å². The number of rotatable bonds is 3. The van der Waals surface area contributed by atoms with E-state index >= 15 is 0 Å². The third-order valence-electron chi connectivity index (χ3n) is 3.35. The van der Waals surface area contributed by atoms with Gasteiger partial charge in [-0.15, -0.1) is 0 Å². The Balaban J connectivity index is 2.35. The maximum Gasteiger partial charge on any atom is 0.00327 e. The summed E-state index contributed by atoms with van der Waals surface area (Å²) in [6.07, 6.45) is 4.13. The Hall–Kier alpha value is -0.0400. The van der Waals surface area contributed by atoms with Crippen molar-refractivity contribution in [2.24, 2.45) is 11.3 Å². The van der Waals surface area contributed by atoms with Gasteiger partial charge in [-0.1, -0.05) is 27.7 Å². The molecule has 0 aromatic carbocycles. The molecule has 0 aliphatic carbocycles. The summed E-state index contributed by atoms with van der Waals surface area (Å²) in [6.45, 7) is 13.4. The number of likely N-dealkylation sites (tertiary alicyclic amines) is 1. The molecular weight excluding hydrogens is 158 g/mol. The van der Waals surface area contributed by atoms with E-state index in [1.54, 1.807) is 0 Å². The van der Waals surface area contributed by atoms with Crippen LogP contribution < -0.4 is 0 Å². The summed E-state index contributed by atoms with van der Waals surface area (Å²) in [5.74, 6) is 0.918. The van der Waals surface area contributed by atoms with E-state index in [2.05, 4.69) is 32.6 Å². The van der Waals surface area contributed by atoms with E-state index in [9.17, 15) is 0 Å². The van der Waals surface area contributed by atoms with Gasteiger partial charge in [0.05, 0.1) is 0 Å². The molecular formula is C12H25N. The van der Waals surface area contributed by atoms with Gasteiger partial charge in [0.1, 0.15) is 0 Å². The topological polar surface area (TPSA) is 3.24 Å². The first-order valence-corrected chi connectivity index (χ1v) is 5.76. The highest BCUT2D eigenvalue weighted by molar-refractivity contribution is 4.76. The lowest BCUT2D eigenvalue weighted by Gasteiger charge is -2.36. The molecule has 1 saturated heterocycles. The van der Waals surface area contributed by atoms with E-state index in [1.165, 1.54) is 38.9 Å². The zero-order chi connectivity index (χ0) is 9.90. The van der Waals surface area contributed by atoms with Gasteiger partial charge in [0.2, 0.25) is 0 Å². The fourth-order valence-electron chi connectivity index (χ4n) is 2.15.